The van der Waals surface area contributed by atoms with E-state index < -0.39 is 11.9 Å². The summed E-state index contributed by atoms with van der Waals surface area (Å²) in [5.74, 6) is -0.673. The molecule has 0 atom stereocenters. The lowest BCUT2D eigenvalue weighted by Gasteiger charge is -2.16. The molecular formula is C14H19NO4. The highest BCUT2D eigenvalue weighted by atomic mass is 16.5. The summed E-state index contributed by atoms with van der Waals surface area (Å²) in [4.78, 5) is 24.3. The number of carbonyl (C=O) groups excluding carboxylic acids is 2. The fraction of sp³-hybridized carbons (Fsp3) is 0.429. The van der Waals surface area contributed by atoms with Gasteiger partial charge in [0.1, 0.15) is 5.75 Å². The van der Waals surface area contributed by atoms with E-state index in [0.29, 0.717) is 6.54 Å². The first-order valence-electron chi connectivity index (χ1n) is 6.05. The fourth-order valence-electron chi connectivity index (χ4n) is 1.73. The summed E-state index contributed by atoms with van der Waals surface area (Å²) in [6.45, 7) is 4.13. The Morgan fingerprint density at radius 1 is 1.32 bits per heavy atom. The largest absolute Gasteiger partial charge is 0.496 e. The van der Waals surface area contributed by atoms with E-state index in [2.05, 4.69) is 4.74 Å². The van der Waals surface area contributed by atoms with Crippen molar-refractivity contribution in [3.8, 4) is 5.75 Å². The van der Waals surface area contributed by atoms with E-state index in [-0.39, 0.29) is 6.61 Å². The van der Waals surface area contributed by atoms with E-state index in [4.69, 9.17) is 4.74 Å². The number of nitrogens with zero attached hydrogens (tertiary/aromatic N) is 1. The van der Waals surface area contributed by atoms with Gasteiger partial charge in [0.25, 0.3) is 0 Å². The first kappa shape index (κ1) is 15.0. The number of carbonyl (C=O) groups is 2. The van der Waals surface area contributed by atoms with E-state index in [1.165, 1.54) is 4.90 Å². The van der Waals surface area contributed by atoms with Crippen LogP contribution in [0.5, 0.6) is 5.75 Å². The van der Waals surface area contributed by atoms with Gasteiger partial charge >= 0.3 is 11.9 Å². The van der Waals surface area contributed by atoms with Gasteiger partial charge in [-0.1, -0.05) is 12.1 Å². The molecule has 0 aliphatic rings. The topological polar surface area (TPSA) is 55.8 Å². The Labute approximate surface area is 113 Å². The minimum Gasteiger partial charge on any atom is -0.496 e. The van der Waals surface area contributed by atoms with Crippen LogP contribution >= 0.6 is 0 Å². The number of benzene rings is 1. The molecule has 19 heavy (non-hydrogen) atoms. The molecule has 0 saturated heterocycles. The Balaban J connectivity index is 2.71. The molecular weight excluding hydrogens is 246 g/mol. The zero-order chi connectivity index (χ0) is 14.4. The Kier molecular flexibility index (Phi) is 5.36. The maximum Gasteiger partial charge on any atom is 0.397 e. The Hall–Kier alpha value is -2.04. The zero-order valence-electron chi connectivity index (χ0n) is 11.7. The van der Waals surface area contributed by atoms with Gasteiger partial charge < -0.3 is 14.4 Å². The molecule has 104 valence electrons. The lowest BCUT2D eigenvalue weighted by Crippen LogP contribution is -2.34. The van der Waals surface area contributed by atoms with E-state index in [9.17, 15) is 9.59 Å². The summed E-state index contributed by atoms with van der Waals surface area (Å²) in [5, 5.41) is 0. The third-order valence-corrected chi connectivity index (χ3v) is 2.68. The van der Waals surface area contributed by atoms with Gasteiger partial charge in [-0.3, -0.25) is 4.79 Å². The number of esters is 1. The number of hydrogen-bond acceptors (Lipinski definition) is 4. The maximum absolute atomic E-state index is 11.7. The SMILES string of the molecule is CCOC(=O)C(=O)N(C)Cc1ccc(OC)c(C)c1. The second kappa shape index (κ2) is 6.78. The average Bonchev–Trinajstić information content (AvgIpc) is 2.38. The van der Waals surface area contributed by atoms with Crippen LogP contribution in [0.15, 0.2) is 18.2 Å². The van der Waals surface area contributed by atoms with Gasteiger partial charge in [0.2, 0.25) is 0 Å². The van der Waals surface area contributed by atoms with Crippen molar-refractivity contribution >= 4 is 11.9 Å². The molecule has 5 heteroatoms. The van der Waals surface area contributed by atoms with Crippen molar-refractivity contribution < 1.29 is 19.1 Å². The molecule has 0 aromatic heterocycles. The smallest absolute Gasteiger partial charge is 0.397 e. The van der Waals surface area contributed by atoms with Crippen LogP contribution in [0.3, 0.4) is 0 Å². The summed E-state index contributed by atoms with van der Waals surface area (Å²) in [6.07, 6.45) is 0. The number of aryl methyl sites for hydroxylation is 1. The molecule has 0 aliphatic carbocycles. The van der Waals surface area contributed by atoms with E-state index >= 15 is 0 Å². The first-order chi connectivity index (χ1) is 8.99. The van der Waals surface area contributed by atoms with Gasteiger partial charge in [-0.2, -0.15) is 0 Å². The lowest BCUT2D eigenvalue weighted by molar-refractivity contribution is -0.159. The zero-order valence-corrected chi connectivity index (χ0v) is 11.7. The quantitative estimate of drug-likeness (QED) is 0.612. The Morgan fingerprint density at radius 3 is 2.53 bits per heavy atom. The highest BCUT2D eigenvalue weighted by Crippen LogP contribution is 2.19. The van der Waals surface area contributed by atoms with Gasteiger partial charge in [0.05, 0.1) is 13.7 Å². The van der Waals surface area contributed by atoms with Crippen LogP contribution < -0.4 is 4.74 Å². The van der Waals surface area contributed by atoms with Crippen LogP contribution in [0.4, 0.5) is 0 Å². The summed E-state index contributed by atoms with van der Waals surface area (Å²) < 4.78 is 9.84. The molecule has 0 unspecified atom stereocenters. The van der Waals surface area contributed by atoms with Gasteiger partial charge in [-0.15, -0.1) is 0 Å². The first-order valence-corrected chi connectivity index (χ1v) is 6.05. The van der Waals surface area contributed by atoms with Crippen LogP contribution in [0, 0.1) is 6.92 Å². The second-order valence-corrected chi connectivity index (χ2v) is 4.19. The standard InChI is InChI=1S/C14H19NO4/c1-5-19-14(17)13(16)15(3)9-11-6-7-12(18-4)10(2)8-11/h6-8H,5,9H2,1-4H3. The second-order valence-electron chi connectivity index (χ2n) is 4.19. The molecule has 0 saturated carbocycles. The Bertz CT molecular complexity index is 471. The van der Waals surface area contributed by atoms with Gasteiger partial charge in [0.15, 0.2) is 0 Å². The molecule has 0 aliphatic heterocycles. The maximum atomic E-state index is 11.7. The fourth-order valence-corrected chi connectivity index (χ4v) is 1.73. The van der Waals surface area contributed by atoms with Crippen LogP contribution in [-0.4, -0.2) is 37.5 Å². The molecule has 0 spiro atoms. The van der Waals surface area contributed by atoms with E-state index in [0.717, 1.165) is 16.9 Å². The summed E-state index contributed by atoms with van der Waals surface area (Å²) in [6, 6.07) is 5.63. The van der Waals surface area contributed by atoms with Crippen molar-refractivity contribution in [3.05, 3.63) is 29.3 Å². The van der Waals surface area contributed by atoms with Crippen LogP contribution in [0.1, 0.15) is 18.1 Å². The van der Waals surface area contributed by atoms with Crippen molar-refractivity contribution in [3.63, 3.8) is 0 Å². The van der Waals surface area contributed by atoms with E-state index in [1.807, 2.05) is 25.1 Å². The summed E-state index contributed by atoms with van der Waals surface area (Å²) in [7, 11) is 3.18. The molecule has 1 aromatic rings. The highest BCUT2D eigenvalue weighted by molar-refractivity contribution is 6.32. The summed E-state index contributed by atoms with van der Waals surface area (Å²) >= 11 is 0. The minimum atomic E-state index is -0.824. The molecule has 0 heterocycles. The highest BCUT2D eigenvalue weighted by Gasteiger charge is 2.19. The average molecular weight is 265 g/mol. The molecule has 0 N–H and O–H groups in total. The van der Waals surface area contributed by atoms with Crippen molar-refractivity contribution in [1.29, 1.82) is 0 Å². The molecule has 5 nitrogen and oxygen atoms in total. The van der Waals surface area contributed by atoms with Crippen LogP contribution in [0.2, 0.25) is 0 Å². The predicted octanol–water partition coefficient (Wildman–Crippen LogP) is 1.53. The van der Waals surface area contributed by atoms with Crippen LogP contribution in [-0.2, 0) is 20.9 Å². The van der Waals surface area contributed by atoms with Crippen molar-refractivity contribution in [1.82, 2.24) is 4.90 Å². The molecule has 0 fully saturated rings. The number of methoxy groups -OCH3 is 1. The number of likely N-dealkylation sites (N-methyl/N-ethyl adjacent to an activating group) is 1. The molecule has 1 aromatic carbocycles. The monoisotopic (exact) mass is 265 g/mol. The van der Waals surface area contributed by atoms with Crippen LogP contribution in [0.25, 0.3) is 0 Å². The van der Waals surface area contributed by atoms with Gasteiger partial charge in [-0.25, -0.2) is 4.79 Å². The molecule has 0 radical (unpaired) electrons. The number of amides is 1. The van der Waals surface area contributed by atoms with Crippen molar-refractivity contribution in [2.75, 3.05) is 20.8 Å². The lowest BCUT2D eigenvalue weighted by atomic mass is 10.1. The Morgan fingerprint density at radius 2 is 2.00 bits per heavy atom. The third kappa shape index (κ3) is 3.98. The molecule has 1 rings (SSSR count). The minimum absolute atomic E-state index is 0.195. The van der Waals surface area contributed by atoms with Gasteiger partial charge in [0, 0.05) is 13.6 Å². The predicted molar refractivity (Wildman–Crippen MR) is 70.8 cm³/mol. The third-order valence-electron chi connectivity index (χ3n) is 2.68. The van der Waals surface area contributed by atoms with E-state index in [1.54, 1.807) is 21.1 Å². The number of rotatable bonds is 4. The number of ether oxygens (including phenoxy) is 2. The normalized spacial score (nSPS) is 9.89. The summed E-state index contributed by atoms with van der Waals surface area (Å²) in [5.41, 5.74) is 1.91. The molecule has 1 amide bonds. The van der Waals surface area contributed by atoms with Crippen molar-refractivity contribution in [2.45, 2.75) is 20.4 Å². The number of hydrogen-bond donors (Lipinski definition) is 0. The van der Waals surface area contributed by atoms with Crippen molar-refractivity contribution in [2.24, 2.45) is 0 Å². The molecule has 0 bridgehead atoms. The van der Waals surface area contributed by atoms with Gasteiger partial charge in [-0.05, 0) is 31.0 Å².